The first-order chi connectivity index (χ1) is 21.9. The van der Waals surface area contributed by atoms with Crippen LogP contribution in [0.25, 0.3) is 0 Å². The molecule has 13 nitrogen and oxygen atoms in total. The molecule has 2 N–H and O–H groups in total. The number of thioether (sulfide) groups is 2. The van der Waals surface area contributed by atoms with Crippen molar-refractivity contribution in [1.29, 1.82) is 5.26 Å². The number of aliphatic hydroxyl groups excluding tert-OH is 1. The number of carbonyl (C=O) groups is 5. The molecule has 9 atom stereocenters. The lowest BCUT2D eigenvalue weighted by Crippen LogP contribution is -2.54. The number of esters is 4. The van der Waals surface area contributed by atoms with Gasteiger partial charge in [0.05, 0.1) is 35.5 Å². The first-order valence-electron chi connectivity index (χ1n) is 15.4. The number of nitriles is 1. The Hall–Kier alpha value is -2.45. The third-order valence-electron chi connectivity index (χ3n) is 7.80. The second kappa shape index (κ2) is 20.8. The van der Waals surface area contributed by atoms with Crippen molar-refractivity contribution in [2.45, 2.75) is 98.8 Å². The molecule has 6 unspecified atom stereocenters. The van der Waals surface area contributed by atoms with Crippen LogP contribution < -0.4 is 0 Å². The first-order valence-corrected chi connectivity index (χ1v) is 17.8. The molecule has 0 bridgehead atoms. The normalized spacial score (nSPS) is 23.9. The Morgan fingerprint density at radius 1 is 1.04 bits per heavy atom. The number of nitrogens with zero attached hydrogens (tertiary/aromatic N) is 1. The van der Waals surface area contributed by atoms with Gasteiger partial charge in [-0.05, 0) is 44.8 Å². The van der Waals surface area contributed by atoms with Crippen LogP contribution in [-0.4, -0.2) is 92.9 Å². The fraction of sp³-hybridized carbons (Fsp3) is 0.774. The Balaban J connectivity index is 3.35. The Morgan fingerprint density at radius 2 is 1.68 bits per heavy atom. The van der Waals surface area contributed by atoms with E-state index in [1.54, 1.807) is 13.8 Å². The Kier molecular flexibility index (Phi) is 18.9. The summed E-state index contributed by atoms with van der Waals surface area (Å²) >= 11 is 8.09. The summed E-state index contributed by atoms with van der Waals surface area (Å²) in [6.45, 7) is 10.2. The van der Waals surface area contributed by atoms with Gasteiger partial charge in [-0.3, -0.25) is 24.0 Å². The number of carboxylic acids is 1. The molecular formula is C31H47NO12S3. The minimum atomic E-state index is -1.56. The summed E-state index contributed by atoms with van der Waals surface area (Å²) in [5.74, 6) is -6.09. The zero-order chi connectivity index (χ0) is 35.9. The van der Waals surface area contributed by atoms with E-state index in [0.29, 0.717) is 3.53 Å². The molecule has 1 rings (SSSR count). The van der Waals surface area contributed by atoms with Crippen LogP contribution in [0.4, 0.5) is 0 Å². The minimum absolute atomic E-state index is 0.111. The van der Waals surface area contributed by atoms with Crippen LogP contribution >= 0.6 is 35.7 Å². The van der Waals surface area contributed by atoms with Gasteiger partial charge in [0.15, 0.2) is 6.10 Å². The summed E-state index contributed by atoms with van der Waals surface area (Å²) in [4.78, 5) is 62.0. The quantitative estimate of drug-likeness (QED) is 0.116. The molecule has 1 saturated heterocycles. The third kappa shape index (κ3) is 14.7. The molecule has 0 spiro atoms. The van der Waals surface area contributed by atoms with E-state index in [-0.39, 0.29) is 43.6 Å². The van der Waals surface area contributed by atoms with E-state index in [2.05, 4.69) is 6.07 Å². The van der Waals surface area contributed by atoms with Crippen molar-refractivity contribution in [3.05, 3.63) is 0 Å². The SMILES string of the molecule is CCCSC(=S)SCC(CC(C(=O)OCC1O[C@H](OC(C)=O)C(OC(C)=O)[C@@H](C)[C@@H]1C)C(C)(C#N)CCC(=O)O)C(=O)OCC(C)O. The molecule has 1 fully saturated rings. The highest BCUT2D eigenvalue weighted by atomic mass is 32.2. The maximum atomic E-state index is 13.8. The number of aliphatic hydroxyl groups is 1. The molecule has 1 aliphatic rings. The van der Waals surface area contributed by atoms with Gasteiger partial charge in [0, 0.05) is 31.9 Å². The molecule has 0 aromatic heterocycles. The maximum Gasteiger partial charge on any atom is 0.310 e. The number of thiocarbonyl (C=S) groups is 1. The molecule has 0 aliphatic carbocycles. The maximum absolute atomic E-state index is 13.8. The highest BCUT2D eigenvalue weighted by Gasteiger charge is 2.47. The average Bonchev–Trinajstić information content (AvgIpc) is 2.99. The number of rotatable bonds is 18. The second-order valence-electron chi connectivity index (χ2n) is 11.9. The van der Waals surface area contributed by atoms with Crippen LogP contribution in [0.15, 0.2) is 0 Å². The van der Waals surface area contributed by atoms with Gasteiger partial charge < -0.3 is 33.9 Å². The molecule has 16 heteroatoms. The van der Waals surface area contributed by atoms with Crippen LogP contribution in [0.5, 0.6) is 0 Å². The second-order valence-corrected chi connectivity index (χ2v) is 15.2. The number of ether oxygens (including phenoxy) is 5. The average molecular weight is 722 g/mol. The van der Waals surface area contributed by atoms with Crippen LogP contribution in [0.2, 0.25) is 0 Å². The van der Waals surface area contributed by atoms with Crippen molar-refractivity contribution in [1.82, 2.24) is 0 Å². The van der Waals surface area contributed by atoms with Gasteiger partial charge in [-0.2, -0.15) is 5.26 Å². The first kappa shape index (κ1) is 42.6. The lowest BCUT2D eigenvalue weighted by atomic mass is 9.71. The zero-order valence-corrected chi connectivity index (χ0v) is 30.4. The minimum Gasteiger partial charge on any atom is -0.481 e. The summed E-state index contributed by atoms with van der Waals surface area (Å²) < 4.78 is 28.1. The van der Waals surface area contributed by atoms with Crippen molar-refractivity contribution >= 4 is 69.1 Å². The van der Waals surface area contributed by atoms with Crippen molar-refractivity contribution in [3.63, 3.8) is 0 Å². The predicted molar refractivity (Wildman–Crippen MR) is 178 cm³/mol. The molecular weight excluding hydrogens is 675 g/mol. The highest BCUT2D eigenvalue weighted by molar-refractivity contribution is 8.47. The standard InChI is InChI=1S/C31H47NO12S3/c1-8-11-46-30(45)47-15-22(27(38)40-13-17(2)33)12-23(31(7,16-32)10-9-25(36)37)28(39)41-14-24-18(3)19(4)26(42-20(5)34)29(44-24)43-21(6)35/h17-19,22-24,26,29,33H,8-15H2,1-7H3,(H,36,37)/t17?,18-,19-,22?,23?,24?,26?,29-,31?/m0/s1. The van der Waals surface area contributed by atoms with Gasteiger partial charge in [0.1, 0.15) is 16.7 Å². The van der Waals surface area contributed by atoms with Crippen LogP contribution in [0.3, 0.4) is 0 Å². The summed E-state index contributed by atoms with van der Waals surface area (Å²) in [6, 6.07) is 2.08. The van der Waals surface area contributed by atoms with E-state index in [1.165, 1.54) is 51.2 Å². The molecule has 1 aliphatic heterocycles. The van der Waals surface area contributed by atoms with Crippen LogP contribution in [0.1, 0.15) is 74.1 Å². The molecule has 0 saturated carbocycles. The fourth-order valence-corrected chi connectivity index (χ4v) is 7.07. The number of carboxylic acid groups (broad SMARTS) is 1. The zero-order valence-electron chi connectivity index (χ0n) is 27.9. The largest absolute Gasteiger partial charge is 0.481 e. The van der Waals surface area contributed by atoms with Gasteiger partial charge in [-0.1, -0.05) is 33.0 Å². The Bertz CT molecular complexity index is 1150. The number of hydrogen-bond acceptors (Lipinski definition) is 15. The lowest BCUT2D eigenvalue weighted by molar-refractivity contribution is -0.272. The van der Waals surface area contributed by atoms with Crippen molar-refractivity contribution in [3.8, 4) is 6.07 Å². The molecule has 266 valence electrons. The number of carbonyl (C=O) groups excluding carboxylic acids is 4. The summed E-state index contributed by atoms with van der Waals surface area (Å²) in [5, 5.41) is 29.3. The Morgan fingerprint density at radius 3 is 2.21 bits per heavy atom. The van der Waals surface area contributed by atoms with Gasteiger partial charge in [0.25, 0.3) is 0 Å². The van der Waals surface area contributed by atoms with Crippen molar-refractivity contribution in [2.75, 3.05) is 24.7 Å². The summed E-state index contributed by atoms with van der Waals surface area (Å²) in [6.07, 6.45) is -3.89. The third-order valence-corrected chi connectivity index (χ3v) is 10.9. The molecule has 1 heterocycles. The van der Waals surface area contributed by atoms with E-state index in [1.807, 2.05) is 6.92 Å². The van der Waals surface area contributed by atoms with Gasteiger partial charge in [0.2, 0.25) is 6.29 Å². The smallest absolute Gasteiger partial charge is 0.310 e. The summed E-state index contributed by atoms with van der Waals surface area (Å²) in [5.41, 5.74) is -1.56. The molecule has 0 amide bonds. The van der Waals surface area contributed by atoms with Gasteiger partial charge in [-0.15, -0.1) is 23.5 Å². The van der Waals surface area contributed by atoms with Crippen molar-refractivity contribution < 1.29 is 57.9 Å². The van der Waals surface area contributed by atoms with Crippen LogP contribution in [-0.2, 0) is 47.7 Å². The highest BCUT2D eigenvalue weighted by Crippen LogP contribution is 2.40. The number of aliphatic carboxylic acids is 1. The van der Waals surface area contributed by atoms with E-state index in [9.17, 15) is 39.4 Å². The van der Waals surface area contributed by atoms with E-state index in [0.717, 1.165) is 12.2 Å². The topological polar surface area (TPSA) is 196 Å². The van der Waals surface area contributed by atoms with E-state index in [4.69, 9.17) is 35.9 Å². The van der Waals surface area contributed by atoms with E-state index < -0.39 is 78.1 Å². The van der Waals surface area contributed by atoms with E-state index >= 15 is 0 Å². The molecule has 0 radical (unpaired) electrons. The molecule has 0 aromatic carbocycles. The monoisotopic (exact) mass is 721 g/mol. The van der Waals surface area contributed by atoms with Crippen molar-refractivity contribution in [2.24, 2.45) is 29.1 Å². The molecule has 0 aromatic rings. The van der Waals surface area contributed by atoms with Gasteiger partial charge in [-0.25, -0.2) is 0 Å². The van der Waals surface area contributed by atoms with Gasteiger partial charge >= 0.3 is 29.8 Å². The predicted octanol–water partition coefficient (Wildman–Crippen LogP) is 4.12. The fourth-order valence-electron chi connectivity index (χ4n) is 4.85. The van der Waals surface area contributed by atoms with Crippen LogP contribution in [0, 0.1) is 40.4 Å². The summed E-state index contributed by atoms with van der Waals surface area (Å²) in [7, 11) is 0. The molecule has 47 heavy (non-hydrogen) atoms. The lowest BCUT2D eigenvalue weighted by Gasteiger charge is -2.43. The number of hydrogen-bond donors (Lipinski definition) is 2. The Labute approximate surface area is 290 Å².